The van der Waals surface area contributed by atoms with Crippen LogP contribution in [-0.2, 0) is 13.0 Å². The van der Waals surface area contributed by atoms with E-state index < -0.39 is 11.9 Å². The molecule has 2 N–H and O–H groups in total. The van der Waals surface area contributed by atoms with Crippen LogP contribution < -0.4 is 19.5 Å². The van der Waals surface area contributed by atoms with Gasteiger partial charge in [-0.3, -0.25) is 4.79 Å². The van der Waals surface area contributed by atoms with Crippen LogP contribution in [0.15, 0.2) is 53.1 Å². The fourth-order valence-electron chi connectivity index (χ4n) is 2.83. The number of carbonyl (C=O) groups excluding carboxylic acids is 1. The minimum Gasteiger partial charge on any atom is -0.485 e. The second-order valence-electron chi connectivity index (χ2n) is 6.36. The third kappa shape index (κ3) is 4.64. The summed E-state index contributed by atoms with van der Waals surface area (Å²) in [6.07, 6.45) is 0.483. The van der Waals surface area contributed by atoms with E-state index in [1.54, 1.807) is 18.2 Å². The first-order chi connectivity index (χ1) is 14.2. The number of carbonyl (C=O) groups is 1. The summed E-state index contributed by atoms with van der Waals surface area (Å²) in [6.45, 7) is -0.0140. The fourth-order valence-corrected chi connectivity index (χ4v) is 2.83. The Hall–Kier alpha value is -3.59. The van der Waals surface area contributed by atoms with E-state index in [4.69, 9.17) is 18.7 Å². The summed E-state index contributed by atoms with van der Waals surface area (Å²) in [5.41, 5.74) is 0.996. The maximum absolute atomic E-state index is 12.3. The van der Waals surface area contributed by atoms with Gasteiger partial charge in [0.25, 0.3) is 0 Å². The van der Waals surface area contributed by atoms with E-state index in [1.165, 1.54) is 0 Å². The van der Waals surface area contributed by atoms with Gasteiger partial charge in [-0.05, 0) is 24.1 Å². The smallest absolute Gasteiger partial charge is 0.316 e. The fraction of sp³-hybridized carbons (Fsp3) is 0.250. The van der Waals surface area contributed by atoms with Gasteiger partial charge in [0.15, 0.2) is 18.1 Å². The van der Waals surface area contributed by atoms with E-state index in [2.05, 4.69) is 15.5 Å². The Morgan fingerprint density at radius 3 is 2.83 bits per heavy atom. The lowest BCUT2D eigenvalue weighted by atomic mass is 10.1. The Kier molecular flexibility index (Phi) is 5.57. The van der Waals surface area contributed by atoms with Gasteiger partial charge < -0.3 is 29.2 Å². The van der Waals surface area contributed by atoms with Gasteiger partial charge in [0.05, 0.1) is 12.6 Å². The molecule has 0 unspecified atom stereocenters. The van der Waals surface area contributed by atoms with Crippen molar-refractivity contribution in [2.24, 2.45) is 0 Å². The number of benzene rings is 2. The van der Waals surface area contributed by atoms with Crippen molar-refractivity contribution in [2.75, 3.05) is 13.4 Å². The standard InChI is InChI=1S/C20H19N3O6/c24-10-14(8-13-4-2-1-3-5-13)21-19(25)20-22-18(23-29-20)11-26-15-6-7-16-17(9-15)28-12-27-16/h1-7,9,14,24H,8,10-12H2,(H,21,25)/t14-/m1/s1. The molecule has 1 aliphatic heterocycles. The van der Waals surface area contributed by atoms with Gasteiger partial charge in [0, 0.05) is 6.07 Å². The summed E-state index contributed by atoms with van der Waals surface area (Å²) in [4.78, 5) is 16.4. The Balaban J connectivity index is 1.32. The summed E-state index contributed by atoms with van der Waals surface area (Å²) < 4.78 is 21.1. The quantitative estimate of drug-likeness (QED) is 0.590. The van der Waals surface area contributed by atoms with Crippen molar-refractivity contribution in [2.45, 2.75) is 19.1 Å². The van der Waals surface area contributed by atoms with Crippen LogP contribution in [0, 0.1) is 0 Å². The van der Waals surface area contributed by atoms with Crippen molar-refractivity contribution in [3.05, 3.63) is 65.8 Å². The summed E-state index contributed by atoms with van der Waals surface area (Å²) in [7, 11) is 0. The highest BCUT2D eigenvalue weighted by Crippen LogP contribution is 2.35. The average Bonchev–Trinajstić information content (AvgIpc) is 3.41. The van der Waals surface area contributed by atoms with Crippen LogP contribution in [-0.4, -0.2) is 40.6 Å². The molecule has 2 aromatic carbocycles. The lowest BCUT2D eigenvalue weighted by molar-refractivity contribution is 0.0872. The van der Waals surface area contributed by atoms with Crippen LogP contribution in [0.2, 0.25) is 0 Å². The first-order valence-electron chi connectivity index (χ1n) is 9.02. The zero-order valence-electron chi connectivity index (χ0n) is 15.4. The van der Waals surface area contributed by atoms with Crippen LogP contribution in [0.4, 0.5) is 0 Å². The molecule has 0 fully saturated rings. The number of hydrogen-bond donors (Lipinski definition) is 2. The number of nitrogens with zero attached hydrogens (tertiary/aromatic N) is 2. The third-order valence-electron chi connectivity index (χ3n) is 4.25. The molecule has 1 aliphatic rings. The van der Waals surface area contributed by atoms with Gasteiger partial charge in [0.2, 0.25) is 12.6 Å². The first kappa shape index (κ1) is 18.8. The molecule has 4 rings (SSSR count). The molecule has 0 radical (unpaired) electrons. The zero-order chi connectivity index (χ0) is 20.1. The molecule has 0 bridgehead atoms. The molecular weight excluding hydrogens is 378 g/mol. The molecule has 9 nitrogen and oxygen atoms in total. The number of nitrogens with one attached hydrogen (secondary N) is 1. The first-order valence-corrected chi connectivity index (χ1v) is 9.02. The molecule has 9 heteroatoms. The van der Waals surface area contributed by atoms with E-state index >= 15 is 0 Å². The van der Waals surface area contributed by atoms with Crippen molar-refractivity contribution in [1.29, 1.82) is 0 Å². The van der Waals surface area contributed by atoms with Crippen LogP contribution in [0.25, 0.3) is 0 Å². The summed E-state index contributed by atoms with van der Waals surface area (Å²) >= 11 is 0. The van der Waals surface area contributed by atoms with Gasteiger partial charge >= 0.3 is 11.8 Å². The predicted octanol–water partition coefficient (Wildman–Crippen LogP) is 1.71. The molecule has 0 spiro atoms. The maximum Gasteiger partial charge on any atom is 0.316 e. The molecule has 1 atom stereocenters. The molecule has 150 valence electrons. The molecule has 29 heavy (non-hydrogen) atoms. The molecule has 1 aromatic heterocycles. The molecule has 3 aromatic rings. The molecular formula is C20H19N3O6. The number of ether oxygens (including phenoxy) is 3. The number of aromatic nitrogens is 2. The van der Waals surface area contributed by atoms with E-state index in [9.17, 15) is 9.90 Å². The second kappa shape index (κ2) is 8.61. The zero-order valence-corrected chi connectivity index (χ0v) is 15.4. The van der Waals surface area contributed by atoms with Crippen molar-refractivity contribution in [1.82, 2.24) is 15.5 Å². The van der Waals surface area contributed by atoms with Crippen molar-refractivity contribution >= 4 is 5.91 Å². The van der Waals surface area contributed by atoms with Gasteiger partial charge in [0.1, 0.15) is 5.75 Å². The van der Waals surface area contributed by atoms with Crippen molar-refractivity contribution in [3.8, 4) is 17.2 Å². The minimum atomic E-state index is -0.554. The number of rotatable bonds is 8. The largest absolute Gasteiger partial charge is 0.485 e. The van der Waals surface area contributed by atoms with Gasteiger partial charge in [-0.25, -0.2) is 0 Å². The molecule has 0 saturated heterocycles. The highest BCUT2D eigenvalue weighted by molar-refractivity contribution is 5.89. The van der Waals surface area contributed by atoms with Gasteiger partial charge in [-0.1, -0.05) is 35.5 Å². The molecule has 0 aliphatic carbocycles. The van der Waals surface area contributed by atoms with Gasteiger partial charge in [-0.15, -0.1) is 0 Å². The molecule has 1 amide bonds. The van der Waals surface area contributed by atoms with E-state index in [-0.39, 0.29) is 31.7 Å². The highest BCUT2D eigenvalue weighted by atomic mass is 16.7. The maximum atomic E-state index is 12.3. The minimum absolute atomic E-state index is 0.0177. The Labute approximate surface area is 166 Å². The van der Waals surface area contributed by atoms with E-state index in [0.29, 0.717) is 23.7 Å². The summed E-state index contributed by atoms with van der Waals surface area (Å²) in [5, 5.41) is 16.0. The molecule has 2 heterocycles. The van der Waals surface area contributed by atoms with Crippen LogP contribution in [0.3, 0.4) is 0 Å². The van der Waals surface area contributed by atoms with Crippen molar-refractivity contribution < 1.29 is 28.6 Å². The number of amides is 1. The monoisotopic (exact) mass is 397 g/mol. The SMILES string of the molecule is O=C(N[C@@H](CO)Cc1ccccc1)c1nc(COc2ccc3c(c2)OCO3)no1. The molecule has 0 saturated carbocycles. The topological polar surface area (TPSA) is 116 Å². The van der Waals surface area contributed by atoms with Crippen LogP contribution in [0.5, 0.6) is 17.2 Å². The van der Waals surface area contributed by atoms with Gasteiger partial charge in [-0.2, -0.15) is 4.98 Å². The highest BCUT2D eigenvalue weighted by Gasteiger charge is 2.20. The summed E-state index contributed by atoms with van der Waals surface area (Å²) in [5.74, 6) is 1.28. The van der Waals surface area contributed by atoms with E-state index in [1.807, 2.05) is 30.3 Å². The Morgan fingerprint density at radius 2 is 2.00 bits per heavy atom. The number of fused-ring (bicyclic) bond motifs is 1. The van der Waals surface area contributed by atoms with Crippen LogP contribution >= 0.6 is 0 Å². The van der Waals surface area contributed by atoms with E-state index in [0.717, 1.165) is 5.56 Å². The predicted molar refractivity (Wildman–Crippen MR) is 99.7 cm³/mol. The number of aliphatic hydroxyl groups is 1. The Bertz CT molecular complexity index is 975. The normalized spacial score (nSPS) is 13.1. The lowest BCUT2D eigenvalue weighted by Gasteiger charge is -2.14. The number of aliphatic hydroxyl groups excluding tert-OH is 1. The Morgan fingerprint density at radius 1 is 1.17 bits per heavy atom. The average molecular weight is 397 g/mol. The number of hydrogen-bond acceptors (Lipinski definition) is 8. The third-order valence-corrected chi connectivity index (χ3v) is 4.25. The van der Waals surface area contributed by atoms with Crippen LogP contribution in [0.1, 0.15) is 22.1 Å². The second-order valence-corrected chi connectivity index (χ2v) is 6.36. The summed E-state index contributed by atoms with van der Waals surface area (Å²) in [6, 6.07) is 14.3. The lowest BCUT2D eigenvalue weighted by Crippen LogP contribution is -2.39. The van der Waals surface area contributed by atoms with Crippen molar-refractivity contribution in [3.63, 3.8) is 0 Å².